The Kier molecular flexibility index (Phi) is 3.10. The molecule has 3 amide bonds. The fraction of sp³-hybridized carbons (Fsp3) is 0.778. The van der Waals surface area contributed by atoms with E-state index in [0.29, 0.717) is 6.54 Å². The van der Waals surface area contributed by atoms with Crippen LogP contribution < -0.4 is 0 Å². The van der Waals surface area contributed by atoms with Gasteiger partial charge in [0.15, 0.2) is 0 Å². The third-order valence-electron chi connectivity index (χ3n) is 2.19. The largest absolute Gasteiger partial charge is 0.373 e. The van der Waals surface area contributed by atoms with E-state index in [4.69, 9.17) is 0 Å². The van der Waals surface area contributed by atoms with E-state index in [-0.39, 0.29) is 18.2 Å². The average Bonchev–Trinajstić information content (AvgIpc) is 2.09. The topological polar surface area (TPSA) is 60.9 Å². The number of nitrogens with zero attached hydrogens (tertiary/aromatic N) is 2. The lowest BCUT2D eigenvalue weighted by atomic mass is 10.1. The zero-order valence-electron chi connectivity index (χ0n) is 8.73. The molecule has 1 aliphatic heterocycles. The van der Waals surface area contributed by atoms with Crippen molar-refractivity contribution < 1.29 is 14.7 Å². The Morgan fingerprint density at radius 2 is 2.07 bits per heavy atom. The third-order valence-corrected chi connectivity index (χ3v) is 2.19. The number of carbonyl (C=O) groups is 2. The van der Waals surface area contributed by atoms with Crippen LogP contribution in [-0.4, -0.2) is 46.7 Å². The molecule has 5 nitrogen and oxygen atoms in total. The first-order valence-electron chi connectivity index (χ1n) is 4.68. The maximum absolute atomic E-state index is 11.6. The van der Waals surface area contributed by atoms with E-state index < -0.39 is 12.3 Å². The van der Waals surface area contributed by atoms with Crippen LogP contribution in [0, 0.1) is 5.92 Å². The second-order valence-electron chi connectivity index (χ2n) is 3.97. The molecule has 1 heterocycles. The van der Waals surface area contributed by atoms with Crippen LogP contribution >= 0.6 is 0 Å². The molecule has 1 rings (SSSR count). The quantitative estimate of drug-likeness (QED) is 0.694. The summed E-state index contributed by atoms with van der Waals surface area (Å²) in [7, 11) is 1.43. The molecule has 0 saturated carbocycles. The average molecular weight is 200 g/mol. The molecule has 1 saturated heterocycles. The molecule has 0 aliphatic carbocycles. The molecule has 0 bridgehead atoms. The molecule has 5 heteroatoms. The smallest absolute Gasteiger partial charge is 0.328 e. The molecule has 0 aromatic heterocycles. The highest BCUT2D eigenvalue weighted by Crippen LogP contribution is 2.15. The summed E-state index contributed by atoms with van der Waals surface area (Å²) in [5.74, 6) is -0.0577. The monoisotopic (exact) mass is 200 g/mol. The number of aliphatic hydroxyl groups excluding tert-OH is 1. The minimum Gasteiger partial charge on any atom is -0.373 e. The number of urea groups is 1. The van der Waals surface area contributed by atoms with Gasteiger partial charge in [-0.05, 0) is 5.92 Å². The van der Waals surface area contributed by atoms with Crippen LogP contribution in [0.15, 0.2) is 0 Å². The second-order valence-corrected chi connectivity index (χ2v) is 3.97. The molecule has 1 unspecified atom stereocenters. The van der Waals surface area contributed by atoms with Gasteiger partial charge in [0.1, 0.15) is 6.23 Å². The summed E-state index contributed by atoms with van der Waals surface area (Å²) < 4.78 is 0. The van der Waals surface area contributed by atoms with E-state index in [2.05, 4.69) is 0 Å². The number of imide groups is 1. The highest BCUT2D eigenvalue weighted by molar-refractivity contribution is 5.96. The van der Waals surface area contributed by atoms with Crippen molar-refractivity contribution in [2.45, 2.75) is 26.5 Å². The van der Waals surface area contributed by atoms with Crippen molar-refractivity contribution in [1.82, 2.24) is 9.80 Å². The number of carbonyl (C=O) groups excluding carboxylic acids is 2. The van der Waals surface area contributed by atoms with Gasteiger partial charge in [0.25, 0.3) is 0 Å². The van der Waals surface area contributed by atoms with Crippen molar-refractivity contribution in [2.24, 2.45) is 5.92 Å². The van der Waals surface area contributed by atoms with Gasteiger partial charge in [-0.1, -0.05) is 13.8 Å². The Labute approximate surface area is 83.3 Å². The predicted octanol–water partition coefficient (Wildman–Crippen LogP) is 0.245. The Morgan fingerprint density at radius 3 is 2.57 bits per heavy atom. The molecule has 14 heavy (non-hydrogen) atoms. The Bertz CT molecular complexity index is 252. The predicted molar refractivity (Wildman–Crippen MR) is 50.3 cm³/mol. The lowest BCUT2D eigenvalue weighted by Gasteiger charge is -2.36. The standard InChI is InChI=1S/C9H16N2O3/c1-6(2)5-11-8(13)4-7(12)10(3)9(11)14/h6,8,13H,4-5H2,1-3H3. The zero-order valence-corrected chi connectivity index (χ0v) is 8.73. The van der Waals surface area contributed by atoms with Crippen molar-refractivity contribution in [3.05, 3.63) is 0 Å². The summed E-state index contributed by atoms with van der Waals surface area (Å²) in [6.45, 7) is 4.38. The molecular formula is C9H16N2O3. The summed E-state index contributed by atoms with van der Waals surface area (Å²) >= 11 is 0. The minimum atomic E-state index is -0.964. The van der Waals surface area contributed by atoms with Crippen LogP contribution in [-0.2, 0) is 4.79 Å². The second kappa shape index (κ2) is 3.96. The van der Waals surface area contributed by atoms with Crippen LogP contribution in [0.5, 0.6) is 0 Å². The van der Waals surface area contributed by atoms with E-state index in [9.17, 15) is 14.7 Å². The maximum atomic E-state index is 11.6. The summed E-state index contributed by atoms with van der Waals surface area (Å²) in [6, 6.07) is -0.414. The van der Waals surface area contributed by atoms with Gasteiger partial charge in [-0.2, -0.15) is 0 Å². The molecule has 0 aromatic rings. The van der Waals surface area contributed by atoms with Crippen LogP contribution in [0.25, 0.3) is 0 Å². The van der Waals surface area contributed by atoms with E-state index in [1.54, 1.807) is 0 Å². The first-order valence-corrected chi connectivity index (χ1v) is 4.68. The third kappa shape index (κ3) is 2.04. The molecule has 80 valence electrons. The SMILES string of the molecule is CC(C)CN1C(=O)N(C)C(=O)CC1O. The van der Waals surface area contributed by atoms with E-state index in [1.165, 1.54) is 11.9 Å². The van der Waals surface area contributed by atoms with Gasteiger partial charge in [0, 0.05) is 13.6 Å². The molecule has 1 atom stereocenters. The normalized spacial score (nSPS) is 23.6. The van der Waals surface area contributed by atoms with Gasteiger partial charge < -0.3 is 5.11 Å². The van der Waals surface area contributed by atoms with Crippen LogP contribution in [0.3, 0.4) is 0 Å². The summed E-state index contributed by atoms with van der Waals surface area (Å²) in [5.41, 5.74) is 0. The van der Waals surface area contributed by atoms with Crippen molar-refractivity contribution in [2.75, 3.05) is 13.6 Å². The number of aliphatic hydroxyl groups is 1. The van der Waals surface area contributed by atoms with Crippen molar-refractivity contribution >= 4 is 11.9 Å². The van der Waals surface area contributed by atoms with E-state index in [1.807, 2.05) is 13.8 Å². The molecule has 1 N–H and O–H groups in total. The zero-order chi connectivity index (χ0) is 10.9. The fourth-order valence-electron chi connectivity index (χ4n) is 1.42. The van der Waals surface area contributed by atoms with Crippen molar-refractivity contribution in [3.8, 4) is 0 Å². The highest BCUT2D eigenvalue weighted by atomic mass is 16.3. The Hall–Kier alpha value is -1.10. The number of rotatable bonds is 2. The van der Waals surface area contributed by atoms with Gasteiger partial charge in [-0.15, -0.1) is 0 Å². The van der Waals surface area contributed by atoms with Gasteiger partial charge >= 0.3 is 6.03 Å². The number of hydrogen-bond acceptors (Lipinski definition) is 3. The van der Waals surface area contributed by atoms with Gasteiger partial charge in [-0.3, -0.25) is 14.6 Å². The summed E-state index contributed by atoms with van der Waals surface area (Å²) in [4.78, 5) is 25.1. The Balaban J connectivity index is 2.74. The Morgan fingerprint density at radius 1 is 1.50 bits per heavy atom. The minimum absolute atomic E-state index is 0.00500. The molecular weight excluding hydrogens is 184 g/mol. The molecule has 0 aromatic carbocycles. The van der Waals surface area contributed by atoms with Gasteiger partial charge in [0.2, 0.25) is 5.91 Å². The highest BCUT2D eigenvalue weighted by Gasteiger charge is 2.35. The molecule has 1 fully saturated rings. The lowest BCUT2D eigenvalue weighted by Crippen LogP contribution is -2.56. The molecule has 0 radical (unpaired) electrons. The maximum Gasteiger partial charge on any atom is 0.328 e. The summed E-state index contributed by atoms with van der Waals surface area (Å²) in [5, 5.41) is 9.53. The van der Waals surface area contributed by atoms with Crippen LogP contribution in [0.4, 0.5) is 4.79 Å². The fourth-order valence-corrected chi connectivity index (χ4v) is 1.42. The van der Waals surface area contributed by atoms with Gasteiger partial charge in [0.05, 0.1) is 6.42 Å². The molecule has 0 spiro atoms. The van der Waals surface area contributed by atoms with Crippen LogP contribution in [0.2, 0.25) is 0 Å². The van der Waals surface area contributed by atoms with Crippen molar-refractivity contribution in [1.29, 1.82) is 0 Å². The summed E-state index contributed by atoms with van der Waals surface area (Å²) in [6.07, 6.45) is -0.969. The van der Waals surface area contributed by atoms with E-state index in [0.717, 1.165) is 4.90 Å². The van der Waals surface area contributed by atoms with Gasteiger partial charge in [-0.25, -0.2) is 4.79 Å². The van der Waals surface area contributed by atoms with Crippen LogP contribution in [0.1, 0.15) is 20.3 Å². The number of hydrogen-bond donors (Lipinski definition) is 1. The first kappa shape index (κ1) is 11.0. The number of amides is 3. The van der Waals surface area contributed by atoms with Crippen molar-refractivity contribution in [3.63, 3.8) is 0 Å². The lowest BCUT2D eigenvalue weighted by molar-refractivity contribution is -0.137. The van der Waals surface area contributed by atoms with E-state index >= 15 is 0 Å². The molecule has 1 aliphatic rings. The first-order chi connectivity index (χ1) is 6.43.